The molecule has 19 heavy (non-hydrogen) atoms. The van der Waals surface area contributed by atoms with Gasteiger partial charge in [-0.15, -0.1) is 11.3 Å². The lowest BCUT2D eigenvalue weighted by Gasteiger charge is -2.25. The third kappa shape index (κ3) is 2.51. The van der Waals surface area contributed by atoms with Crippen molar-refractivity contribution >= 4 is 22.2 Å². The minimum atomic E-state index is 0.220. The predicted octanol–water partition coefficient (Wildman–Crippen LogP) is 3.43. The van der Waals surface area contributed by atoms with E-state index in [0.29, 0.717) is 0 Å². The lowest BCUT2D eigenvalue weighted by molar-refractivity contribution is 0.226. The van der Waals surface area contributed by atoms with Gasteiger partial charge in [0.15, 0.2) is 5.13 Å². The Bertz CT molecular complexity index is 582. The maximum Gasteiger partial charge on any atom is 0.183 e. The van der Waals surface area contributed by atoms with E-state index in [-0.39, 0.29) is 6.10 Å². The van der Waals surface area contributed by atoms with Gasteiger partial charge in [0.05, 0.1) is 17.9 Å². The van der Waals surface area contributed by atoms with E-state index in [2.05, 4.69) is 47.0 Å². The molecule has 0 amide bonds. The Balaban J connectivity index is 1.88. The molecule has 0 aliphatic carbocycles. The van der Waals surface area contributed by atoms with Crippen LogP contribution in [0.4, 0.5) is 10.8 Å². The number of benzene rings is 1. The average molecular weight is 275 g/mol. The summed E-state index contributed by atoms with van der Waals surface area (Å²) in [5.74, 6) is 0.921. The number of rotatable bonds is 3. The molecule has 1 aromatic carbocycles. The lowest BCUT2D eigenvalue weighted by Crippen LogP contribution is -2.27. The standard InChI is InChI=1S/C14H17N3OS/c1-3-15-14-17-12(8-19-14)10-4-5-13-11(6-10)16-7-9(2)18-13/h4-6,8-9,16H,3,7H2,1-2H3,(H,15,17). The second-order valence-electron chi connectivity index (χ2n) is 4.59. The molecule has 5 heteroatoms. The number of nitrogens with one attached hydrogen (secondary N) is 2. The van der Waals surface area contributed by atoms with Crippen LogP contribution in [0.2, 0.25) is 0 Å². The Kier molecular flexibility index (Phi) is 3.29. The molecule has 2 aromatic rings. The lowest BCUT2D eigenvalue weighted by atomic mass is 10.1. The van der Waals surface area contributed by atoms with Crippen molar-refractivity contribution in [3.05, 3.63) is 23.6 Å². The first-order valence-electron chi connectivity index (χ1n) is 6.50. The van der Waals surface area contributed by atoms with E-state index in [1.807, 2.05) is 6.07 Å². The Morgan fingerprint density at radius 2 is 2.42 bits per heavy atom. The summed E-state index contributed by atoms with van der Waals surface area (Å²) in [5, 5.41) is 9.66. The molecule has 2 N–H and O–H groups in total. The van der Waals surface area contributed by atoms with Crippen molar-refractivity contribution < 1.29 is 4.74 Å². The number of ether oxygens (including phenoxy) is 1. The highest BCUT2D eigenvalue weighted by Gasteiger charge is 2.16. The van der Waals surface area contributed by atoms with Crippen LogP contribution in [0.25, 0.3) is 11.3 Å². The van der Waals surface area contributed by atoms with Crippen LogP contribution in [-0.4, -0.2) is 24.2 Å². The molecule has 4 nitrogen and oxygen atoms in total. The van der Waals surface area contributed by atoms with Gasteiger partial charge in [-0.25, -0.2) is 4.98 Å². The van der Waals surface area contributed by atoms with Gasteiger partial charge in [0.1, 0.15) is 11.9 Å². The minimum absolute atomic E-state index is 0.220. The molecule has 1 atom stereocenters. The average Bonchev–Trinajstić information content (AvgIpc) is 2.87. The molecule has 2 heterocycles. The highest BCUT2D eigenvalue weighted by molar-refractivity contribution is 7.14. The molecular weight excluding hydrogens is 258 g/mol. The summed E-state index contributed by atoms with van der Waals surface area (Å²) in [5.41, 5.74) is 3.17. The fourth-order valence-corrected chi connectivity index (χ4v) is 2.87. The maximum absolute atomic E-state index is 5.77. The van der Waals surface area contributed by atoms with E-state index in [1.165, 1.54) is 0 Å². The summed E-state index contributed by atoms with van der Waals surface area (Å²) < 4.78 is 5.77. The predicted molar refractivity (Wildman–Crippen MR) is 80.3 cm³/mol. The molecular formula is C14H17N3OS. The highest BCUT2D eigenvalue weighted by Crippen LogP contribution is 2.34. The quantitative estimate of drug-likeness (QED) is 0.901. The fourth-order valence-electron chi connectivity index (χ4n) is 2.08. The Morgan fingerprint density at radius 1 is 1.53 bits per heavy atom. The van der Waals surface area contributed by atoms with Crippen LogP contribution < -0.4 is 15.4 Å². The molecule has 0 fully saturated rings. The number of anilines is 2. The van der Waals surface area contributed by atoms with Gasteiger partial charge in [0.2, 0.25) is 0 Å². The Hall–Kier alpha value is -1.75. The van der Waals surface area contributed by atoms with Gasteiger partial charge in [0.25, 0.3) is 0 Å². The van der Waals surface area contributed by atoms with Gasteiger partial charge in [0, 0.05) is 17.5 Å². The highest BCUT2D eigenvalue weighted by atomic mass is 32.1. The fraction of sp³-hybridized carbons (Fsp3) is 0.357. The summed E-state index contributed by atoms with van der Waals surface area (Å²) in [7, 11) is 0. The van der Waals surface area contributed by atoms with Gasteiger partial charge >= 0.3 is 0 Å². The molecule has 100 valence electrons. The summed E-state index contributed by atoms with van der Waals surface area (Å²) in [6, 6.07) is 6.18. The van der Waals surface area contributed by atoms with E-state index in [0.717, 1.165) is 40.9 Å². The van der Waals surface area contributed by atoms with Gasteiger partial charge in [-0.2, -0.15) is 0 Å². The number of fused-ring (bicyclic) bond motifs is 1. The zero-order valence-corrected chi connectivity index (χ0v) is 11.9. The second kappa shape index (κ2) is 5.09. The van der Waals surface area contributed by atoms with Crippen LogP contribution in [0.15, 0.2) is 23.6 Å². The minimum Gasteiger partial charge on any atom is -0.487 e. The van der Waals surface area contributed by atoms with Gasteiger partial charge in [-0.05, 0) is 32.0 Å². The summed E-state index contributed by atoms with van der Waals surface area (Å²) in [6.45, 7) is 5.87. The van der Waals surface area contributed by atoms with E-state index in [1.54, 1.807) is 11.3 Å². The molecule has 0 bridgehead atoms. The van der Waals surface area contributed by atoms with Crippen LogP contribution in [-0.2, 0) is 0 Å². The van der Waals surface area contributed by atoms with Crippen LogP contribution in [0.5, 0.6) is 5.75 Å². The zero-order chi connectivity index (χ0) is 13.2. The van der Waals surface area contributed by atoms with Crippen molar-refractivity contribution in [1.82, 2.24) is 4.98 Å². The van der Waals surface area contributed by atoms with Gasteiger partial charge < -0.3 is 15.4 Å². The first kappa shape index (κ1) is 12.3. The third-order valence-electron chi connectivity index (χ3n) is 3.02. The molecule has 0 radical (unpaired) electrons. The molecule has 0 saturated carbocycles. The van der Waals surface area contributed by atoms with Gasteiger partial charge in [-0.1, -0.05) is 0 Å². The third-order valence-corrected chi connectivity index (χ3v) is 3.82. The number of nitrogens with zero attached hydrogens (tertiary/aromatic N) is 1. The van der Waals surface area contributed by atoms with Gasteiger partial charge in [-0.3, -0.25) is 0 Å². The van der Waals surface area contributed by atoms with Crippen molar-refractivity contribution in [1.29, 1.82) is 0 Å². The summed E-state index contributed by atoms with van der Waals surface area (Å²) >= 11 is 1.63. The molecule has 1 aliphatic heterocycles. The van der Waals surface area contributed by atoms with E-state index >= 15 is 0 Å². The Morgan fingerprint density at radius 3 is 3.26 bits per heavy atom. The normalized spacial score (nSPS) is 17.3. The van der Waals surface area contributed by atoms with Crippen molar-refractivity contribution in [2.45, 2.75) is 20.0 Å². The first-order valence-corrected chi connectivity index (χ1v) is 7.38. The van der Waals surface area contributed by atoms with Crippen molar-refractivity contribution in [3.8, 4) is 17.0 Å². The van der Waals surface area contributed by atoms with Crippen LogP contribution in [0, 0.1) is 0 Å². The maximum atomic E-state index is 5.77. The van der Waals surface area contributed by atoms with Crippen molar-refractivity contribution in [2.24, 2.45) is 0 Å². The molecule has 0 saturated heterocycles. The SMILES string of the molecule is CCNc1nc(-c2ccc3c(c2)NCC(C)O3)cs1. The van der Waals surface area contributed by atoms with E-state index < -0.39 is 0 Å². The number of hydrogen-bond acceptors (Lipinski definition) is 5. The number of aromatic nitrogens is 1. The Labute approximate surface area is 116 Å². The van der Waals surface area contributed by atoms with Crippen LogP contribution in [0.1, 0.15) is 13.8 Å². The largest absolute Gasteiger partial charge is 0.487 e. The summed E-state index contributed by atoms with van der Waals surface area (Å²) in [6.07, 6.45) is 0.220. The monoisotopic (exact) mass is 275 g/mol. The molecule has 1 aliphatic rings. The molecule has 3 rings (SSSR count). The van der Waals surface area contributed by atoms with Crippen molar-refractivity contribution in [3.63, 3.8) is 0 Å². The molecule has 1 aromatic heterocycles. The van der Waals surface area contributed by atoms with Crippen LogP contribution >= 0.6 is 11.3 Å². The summed E-state index contributed by atoms with van der Waals surface area (Å²) in [4.78, 5) is 4.57. The smallest absolute Gasteiger partial charge is 0.183 e. The molecule has 1 unspecified atom stereocenters. The zero-order valence-electron chi connectivity index (χ0n) is 11.1. The van der Waals surface area contributed by atoms with Crippen molar-refractivity contribution in [2.75, 3.05) is 23.7 Å². The number of thiazole rings is 1. The first-order chi connectivity index (χ1) is 9.26. The van der Waals surface area contributed by atoms with E-state index in [9.17, 15) is 0 Å². The van der Waals surface area contributed by atoms with E-state index in [4.69, 9.17) is 4.74 Å². The topological polar surface area (TPSA) is 46.2 Å². The number of hydrogen-bond donors (Lipinski definition) is 2. The second-order valence-corrected chi connectivity index (χ2v) is 5.45. The molecule has 0 spiro atoms. The van der Waals surface area contributed by atoms with Crippen LogP contribution in [0.3, 0.4) is 0 Å².